The first-order valence-electron chi connectivity index (χ1n) is 5.21. The summed E-state index contributed by atoms with van der Waals surface area (Å²) in [7, 11) is 1.88. The molecule has 0 bridgehead atoms. The second-order valence-electron chi connectivity index (χ2n) is 3.47. The van der Waals surface area contributed by atoms with Gasteiger partial charge in [0.15, 0.2) is 0 Å². The highest BCUT2D eigenvalue weighted by atomic mass is 79.9. The molecule has 0 fully saturated rings. The number of anilines is 1. The lowest BCUT2D eigenvalue weighted by Gasteiger charge is -2.05. The van der Waals surface area contributed by atoms with E-state index in [2.05, 4.69) is 48.0 Å². The quantitative estimate of drug-likeness (QED) is 0.891. The molecule has 0 aliphatic heterocycles. The maximum atomic E-state index is 4.39. The number of hydrogen-bond donors (Lipinski definition) is 2. The number of nitrogens with zero attached hydrogens (tertiary/aromatic N) is 2. The first-order chi connectivity index (χ1) is 8.28. The zero-order chi connectivity index (χ0) is 12.1. The van der Waals surface area contributed by atoms with Gasteiger partial charge < -0.3 is 10.6 Å². The molecule has 2 N–H and O–H groups in total. The SMILES string of the molecule is CNCc1nccc(NCc2cc(Br)cs2)n1. The molecule has 0 aliphatic carbocycles. The number of nitrogens with one attached hydrogen (secondary N) is 2. The van der Waals surface area contributed by atoms with Crippen molar-refractivity contribution in [1.82, 2.24) is 15.3 Å². The molecule has 0 saturated carbocycles. The lowest BCUT2D eigenvalue weighted by molar-refractivity contribution is 0.758. The fourth-order valence-electron chi connectivity index (χ4n) is 1.37. The summed E-state index contributed by atoms with van der Waals surface area (Å²) in [5.41, 5.74) is 0. The fourth-order valence-corrected chi connectivity index (χ4v) is 2.76. The van der Waals surface area contributed by atoms with Gasteiger partial charge >= 0.3 is 0 Å². The summed E-state index contributed by atoms with van der Waals surface area (Å²) >= 11 is 5.16. The third-order valence-corrected chi connectivity index (χ3v) is 3.80. The molecule has 2 rings (SSSR count). The summed E-state index contributed by atoms with van der Waals surface area (Å²) in [4.78, 5) is 9.83. The molecule has 90 valence electrons. The predicted octanol–water partition coefficient (Wildman–Crippen LogP) is 2.63. The molecule has 17 heavy (non-hydrogen) atoms. The van der Waals surface area contributed by atoms with Crippen LogP contribution >= 0.6 is 27.3 Å². The lowest BCUT2D eigenvalue weighted by Crippen LogP contribution is -2.10. The van der Waals surface area contributed by atoms with Crippen molar-refractivity contribution in [2.45, 2.75) is 13.1 Å². The van der Waals surface area contributed by atoms with Crippen LogP contribution in [0.1, 0.15) is 10.7 Å². The van der Waals surface area contributed by atoms with Crippen molar-refractivity contribution >= 4 is 33.1 Å². The van der Waals surface area contributed by atoms with Gasteiger partial charge in [-0.25, -0.2) is 9.97 Å². The largest absolute Gasteiger partial charge is 0.365 e. The van der Waals surface area contributed by atoms with Crippen LogP contribution in [0.4, 0.5) is 5.82 Å². The Bertz CT molecular complexity index is 486. The lowest BCUT2D eigenvalue weighted by atomic mass is 10.4. The number of thiophene rings is 1. The molecule has 2 aromatic rings. The third kappa shape index (κ3) is 3.76. The van der Waals surface area contributed by atoms with Crippen molar-refractivity contribution < 1.29 is 0 Å². The minimum absolute atomic E-state index is 0.681. The van der Waals surface area contributed by atoms with E-state index >= 15 is 0 Å². The summed E-state index contributed by atoms with van der Waals surface area (Å²) in [6, 6.07) is 3.98. The van der Waals surface area contributed by atoms with Crippen molar-refractivity contribution in [1.29, 1.82) is 0 Å². The Balaban J connectivity index is 1.96. The minimum atomic E-state index is 0.681. The molecule has 0 aromatic carbocycles. The zero-order valence-corrected chi connectivity index (χ0v) is 11.8. The van der Waals surface area contributed by atoms with Crippen LogP contribution in [0.5, 0.6) is 0 Å². The van der Waals surface area contributed by atoms with E-state index in [9.17, 15) is 0 Å². The molecule has 2 heterocycles. The monoisotopic (exact) mass is 312 g/mol. The van der Waals surface area contributed by atoms with E-state index in [0.29, 0.717) is 6.54 Å². The Labute approximate surface area is 113 Å². The van der Waals surface area contributed by atoms with Crippen LogP contribution in [0, 0.1) is 0 Å². The maximum absolute atomic E-state index is 4.39. The van der Waals surface area contributed by atoms with Crippen molar-refractivity contribution in [3.05, 3.63) is 38.9 Å². The molecule has 6 heteroatoms. The highest BCUT2D eigenvalue weighted by Gasteiger charge is 2.00. The molecule has 4 nitrogen and oxygen atoms in total. The van der Waals surface area contributed by atoms with Gasteiger partial charge in [-0.1, -0.05) is 0 Å². The predicted molar refractivity (Wildman–Crippen MR) is 74.1 cm³/mol. The van der Waals surface area contributed by atoms with Crippen LogP contribution in [0.25, 0.3) is 0 Å². The second-order valence-corrected chi connectivity index (χ2v) is 5.38. The molecular formula is C11H13BrN4S. The number of halogens is 1. The van der Waals surface area contributed by atoms with E-state index < -0.39 is 0 Å². The maximum Gasteiger partial charge on any atom is 0.144 e. The molecule has 0 radical (unpaired) electrons. The molecule has 0 saturated heterocycles. The van der Waals surface area contributed by atoms with E-state index in [1.54, 1.807) is 17.5 Å². The van der Waals surface area contributed by atoms with E-state index in [1.807, 2.05) is 13.1 Å². The molecule has 0 aliphatic rings. The van der Waals surface area contributed by atoms with Gasteiger partial charge in [-0.05, 0) is 35.1 Å². The van der Waals surface area contributed by atoms with Gasteiger partial charge in [-0.15, -0.1) is 11.3 Å². The summed E-state index contributed by atoms with van der Waals surface area (Å²) in [6.45, 7) is 1.46. The van der Waals surface area contributed by atoms with Crippen molar-refractivity contribution in [3.63, 3.8) is 0 Å². The average molecular weight is 313 g/mol. The smallest absolute Gasteiger partial charge is 0.144 e. The van der Waals surface area contributed by atoms with Crippen molar-refractivity contribution in [2.75, 3.05) is 12.4 Å². The highest BCUT2D eigenvalue weighted by Crippen LogP contribution is 2.20. The van der Waals surface area contributed by atoms with Crippen LogP contribution in [0.3, 0.4) is 0 Å². The molecular weight excluding hydrogens is 300 g/mol. The number of rotatable bonds is 5. The zero-order valence-electron chi connectivity index (χ0n) is 9.40. The van der Waals surface area contributed by atoms with Gasteiger partial charge in [-0.3, -0.25) is 0 Å². The topological polar surface area (TPSA) is 49.8 Å². The van der Waals surface area contributed by atoms with Crippen LogP contribution in [-0.4, -0.2) is 17.0 Å². The Morgan fingerprint density at radius 2 is 2.29 bits per heavy atom. The number of aromatic nitrogens is 2. The van der Waals surface area contributed by atoms with E-state index in [0.717, 1.165) is 22.7 Å². The normalized spacial score (nSPS) is 10.5. The molecule has 0 unspecified atom stereocenters. The van der Waals surface area contributed by atoms with Crippen LogP contribution in [0.2, 0.25) is 0 Å². The Hall–Kier alpha value is -0.980. The second kappa shape index (κ2) is 6.09. The summed E-state index contributed by atoms with van der Waals surface area (Å²) in [6.07, 6.45) is 1.77. The summed E-state index contributed by atoms with van der Waals surface area (Å²) < 4.78 is 1.12. The first kappa shape index (κ1) is 12.5. The molecule has 0 amide bonds. The van der Waals surface area contributed by atoms with Gasteiger partial charge in [0.2, 0.25) is 0 Å². The van der Waals surface area contributed by atoms with Gasteiger partial charge in [0.05, 0.1) is 13.1 Å². The minimum Gasteiger partial charge on any atom is -0.365 e. The average Bonchev–Trinajstić information content (AvgIpc) is 2.74. The first-order valence-corrected chi connectivity index (χ1v) is 6.88. The standard InChI is InChI=1S/C11H13BrN4S/c1-13-6-11-14-3-2-10(16-11)15-5-9-4-8(12)7-17-9/h2-4,7,13H,5-6H2,1H3,(H,14,15,16). The summed E-state index contributed by atoms with van der Waals surface area (Å²) in [5.74, 6) is 1.65. The van der Waals surface area contributed by atoms with Crippen LogP contribution in [-0.2, 0) is 13.1 Å². The van der Waals surface area contributed by atoms with Gasteiger partial charge in [-0.2, -0.15) is 0 Å². The highest BCUT2D eigenvalue weighted by molar-refractivity contribution is 9.10. The van der Waals surface area contributed by atoms with E-state index in [-0.39, 0.29) is 0 Å². The Kier molecular flexibility index (Phi) is 4.47. The van der Waals surface area contributed by atoms with Crippen LogP contribution in [0.15, 0.2) is 28.2 Å². The summed E-state index contributed by atoms with van der Waals surface area (Å²) in [5, 5.41) is 8.39. The molecule has 0 spiro atoms. The van der Waals surface area contributed by atoms with Crippen molar-refractivity contribution in [3.8, 4) is 0 Å². The van der Waals surface area contributed by atoms with Gasteiger partial charge in [0.25, 0.3) is 0 Å². The van der Waals surface area contributed by atoms with Crippen LogP contribution < -0.4 is 10.6 Å². The van der Waals surface area contributed by atoms with Crippen molar-refractivity contribution in [2.24, 2.45) is 0 Å². The Morgan fingerprint density at radius 1 is 1.41 bits per heavy atom. The third-order valence-electron chi connectivity index (χ3n) is 2.11. The van der Waals surface area contributed by atoms with Gasteiger partial charge in [0, 0.05) is 20.9 Å². The number of hydrogen-bond acceptors (Lipinski definition) is 5. The molecule has 0 atom stereocenters. The fraction of sp³-hybridized carbons (Fsp3) is 0.273. The van der Waals surface area contributed by atoms with E-state index in [1.165, 1.54) is 4.88 Å². The Morgan fingerprint density at radius 3 is 3.00 bits per heavy atom. The molecule has 2 aromatic heterocycles. The van der Waals surface area contributed by atoms with E-state index in [4.69, 9.17) is 0 Å². The van der Waals surface area contributed by atoms with Gasteiger partial charge in [0.1, 0.15) is 11.6 Å².